The van der Waals surface area contributed by atoms with Crippen molar-refractivity contribution in [3.05, 3.63) is 87.4 Å². The van der Waals surface area contributed by atoms with Crippen LogP contribution in [0.1, 0.15) is 23.6 Å². The lowest BCUT2D eigenvalue weighted by molar-refractivity contribution is -0.112. The molecule has 0 fully saturated rings. The zero-order valence-electron chi connectivity index (χ0n) is 19.2. The van der Waals surface area contributed by atoms with E-state index in [4.69, 9.17) is 14.2 Å². The van der Waals surface area contributed by atoms with Gasteiger partial charge in [0, 0.05) is 17.3 Å². The van der Waals surface area contributed by atoms with Gasteiger partial charge in [-0.05, 0) is 64.8 Å². The lowest BCUT2D eigenvalue weighted by Crippen LogP contribution is -2.13. The highest BCUT2D eigenvalue weighted by Crippen LogP contribution is 2.38. The van der Waals surface area contributed by atoms with Crippen LogP contribution in [0.3, 0.4) is 0 Å². The average Bonchev–Trinajstić information content (AvgIpc) is 2.86. The SMILES string of the molecule is CCOc1cccc(NC(=O)/C(C#N)=C\c2cc(Br)c(OCc3ccccc3C#N)c(OC)c2)c1. The molecule has 0 aliphatic rings. The third-order valence-electron chi connectivity index (χ3n) is 4.84. The van der Waals surface area contributed by atoms with Crippen LogP contribution in [0.25, 0.3) is 6.08 Å². The van der Waals surface area contributed by atoms with Crippen molar-refractivity contribution in [1.29, 1.82) is 10.5 Å². The number of carbonyl (C=O) groups is 1. The molecule has 0 atom stereocenters. The molecular formula is C27H22BrN3O4. The minimum absolute atomic E-state index is 0.0858. The maximum atomic E-state index is 12.7. The van der Waals surface area contributed by atoms with Gasteiger partial charge >= 0.3 is 0 Å². The van der Waals surface area contributed by atoms with Crippen LogP contribution in [0.15, 0.2) is 70.7 Å². The number of nitrogens with one attached hydrogen (secondary N) is 1. The number of hydrogen-bond donors (Lipinski definition) is 1. The first kappa shape index (κ1) is 25.4. The van der Waals surface area contributed by atoms with Gasteiger partial charge in [0.25, 0.3) is 5.91 Å². The molecule has 0 aliphatic heterocycles. The van der Waals surface area contributed by atoms with Crippen molar-refractivity contribution in [2.24, 2.45) is 0 Å². The standard InChI is InChI=1S/C27H22BrN3O4/c1-3-34-23-10-6-9-22(14-23)31-27(32)21(16-30)11-18-12-24(28)26(25(13-18)33-2)35-17-20-8-5-4-7-19(20)15-29/h4-14H,3,17H2,1-2H3,(H,31,32)/b21-11-. The molecule has 1 amide bonds. The highest BCUT2D eigenvalue weighted by atomic mass is 79.9. The number of anilines is 1. The van der Waals surface area contributed by atoms with Crippen molar-refractivity contribution in [2.45, 2.75) is 13.5 Å². The first-order valence-corrected chi connectivity index (χ1v) is 11.4. The molecule has 3 rings (SSSR count). The summed E-state index contributed by atoms with van der Waals surface area (Å²) in [5.74, 6) is 0.911. The van der Waals surface area contributed by atoms with Crippen molar-refractivity contribution >= 4 is 33.6 Å². The molecule has 1 N–H and O–H groups in total. The number of nitrogens with zero attached hydrogens (tertiary/aromatic N) is 2. The summed E-state index contributed by atoms with van der Waals surface area (Å²) in [5.41, 5.74) is 2.26. The minimum atomic E-state index is -0.551. The number of benzene rings is 3. The van der Waals surface area contributed by atoms with Gasteiger partial charge in [0.2, 0.25) is 0 Å². The molecule has 176 valence electrons. The van der Waals surface area contributed by atoms with Crippen molar-refractivity contribution in [3.8, 4) is 29.4 Å². The second kappa shape index (κ2) is 12.3. The third kappa shape index (κ3) is 6.63. The predicted molar refractivity (Wildman–Crippen MR) is 136 cm³/mol. The van der Waals surface area contributed by atoms with Gasteiger partial charge in [0.05, 0.1) is 29.8 Å². The van der Waals surface area contributed by atoms with E-state index in [1.54, 1.807) is 48.5 Å². The number of carbonyl (C=O) groups excluding carboxylic acids is 1. The van der Waals surface area contributed by atoms with E-state index >= 15 is 0 Å². The number of hydrogen-bond acceptors (Lipinski definition) is 6. The summed E-state index contributed by atoms with van der Waals surface area (Å²) in [4.78, 5) is 12.7. The smallest absolute Gasteiger partial charge is 0.266 e. The quantitative estimate of drug-likeness (QED) is 0.274. The van der Waals surface area contributed by atoms with Crippen molar-refractivity contribution in [1.82, 2.24) is 0 Å². The highest BCUT2D eigenvalue weighted by Gasteiger charge is 2.15. The molecule has 7 nitrogen and oxygen atoms in total. The van der Waals surface area contributed by atoms with E-state index in [0.717, 1.165) is 5.56 Å². The molecule has 0 heterocycles. The van der Waals surface area contributed by atoms with Crippen molar-refractivity contribution in [2.75, 3.05) is 19.0 Å². The van der Waals surface area contributed by atoms with E-state index in [9.17, 15) is 15.3 Å². The number of rotatable bonds is 9. The Kier molecular flexibility index (Phi) is 8.89. The zero-order chi connectivity index (χ0) is 25.2. The molecule has 3 aromatic rings. The average molecular weight is 532 g/mol. The van der Waals surface area contributed by atoms with E-state index in [0.29, 0.717) is 45.1 Å². The summed E-state index contributed by atoms with van der Waals surface area (Å²) in [7, 11) is 1.49. The molecule has 0 spiro atoms. The highest BCUT2D eigenvalue weighted by molar-refractivity contribution is 9.10. The minimum Gasteiger partial charge on any atom is -0.494 e. The largest absolute Gasteiger partial charge is 0.494 e. The molecule has 35 heavy (non-hydrogen) atoms. The summed E-state index contributed by atoms with van der Waals surface area (Å²) in [6.45, 7) is 2.54. The summed E-state index contributed by atoms with van der Waals surface area (Å²) in [5, 5.41) is 21.6. The second-order valence-corrected chi connectivity index (χ2v) is 8.03. The Hall–Kier alpha value is -4.27. The summed E-state index contributed by atoms with van der Waals surface area (Å²) >= 11 is 3.48. The van der Waals surface area contributed by atoms with Gasteiger partial charge in [-0.1, -0.05) is 24.3 Å². The molecule has 0 aromatic heterocycles. The summed E-state index contributed by atoms with van der Waals surface area (Å²) < 4.78 is 17.4. The van der Waals surface area contributed by atoms with Gasteiger partial charge in [0.1, 0.15) is 24.0 Å². The van der Waals surface area contributed by atoms with E-state index in [1.165, 1.54) is 13.2 Å². The number of methoxy groups -OCH3 is 1. The van der Waals surface area contributed by atoms with Gasteiger partial charge in [-0.15, -0.1) is 0 Å². The monoisotopic (exact) mass is 531 g/mol. The topological polar surface area (TPSA) is 104 Å². The fraction of sp³-hybridized carbons (Fsp3) is 0.148. The lowest BCUT2D eigenvalue weighted by atomic mass is 10.1. The van der Waals surface area contributed by atoms with Crippen molar-refractivity contribution < 1.29 is 19.0 Å². The van der Waals surface area contributed by atoms with Gasteiger partial charge in [0.15, 0.2) is 11.5 Å². The third-order valence-corrected chi connectivity index (χ3v) is 5.43. The Balaban J connectivity index is 1.82. The maximum absolute atomic E-state index is 12.7. The first-order chi connectivity index (χ1) is 17.0. The van der Waals surface area contributed by atoms with E-state index < -0.39 is 5.91 Å². The molecule has 0 saturated heterocycles. The number of nitriles is 2. The zero-order valence-corrected chi connectivity index (χ0v) is 20.8. The number of ether oxygens (including phenoxy) is 3. The molecular weight excluding hydrogens is 510 g/mol. The van der Waals surface area contributed by atoms with E-state index in [-0.39, 0.29) is 12.2 Å². The first-order valence-electron chi connectivity index (χ1n) is 10.6. The van der Waals surface area contributed by atoms with Gasteiger partial charge in [-0.2, -0.15) is 10.5 Å². The molecule has 0 aliphatic carbocycles. The maximum Gasteiger partial charge on any atom is 0.266 e. The van der Waals surface area contributed by atoms with Crippen LogP contribution >= 0.6 is 15.9 Å². The number of halogens is 1. The predicted octanol–water partition coefficient (Wildman–Crippen LogP) is 5.85. The number of amides is 1. The van der Waals surface area contributed by atoms with Gasteiger partial charge in [-0.3, -0.25) is 4.79 Å². The summed E-state index contributed by atoms with van der Waals surface area (Å²) in [6.07, 6.45) is 1.46. The Morgan fingerprint density at radius 3 is 2.60 bits per heavy atom. The molecule has 0 saturated carbocycles. The molecule has 0 bridgehead atoms. The van der Waals surface area contributed by atoms with Crippen LogP contribution in [0.4, 0.5) is 5.69 Å². The van der Waals surface area contributed by atoms with E-state index in [2.05, 4.69) is 27.3 Å². The fourth-order valence-electron chi connectivity index (χ4n) is 3.21. The van der Waals surface area contributed by atoms with Crippen LogP contribution in [-0.4, -0.2) is 19.6 Å². The van der Waals surface area contributed by atoms with Crippen LogP contribution in [0, 0.1) is 22.7 Å². The Labute approximate surface area is 212 Å². The second-order valence-electron chi connectivity index (χ2n) is 7.18. The van der Waals surface area contributed by atoms with Gasteiger partial charge in [-0.25, -0.2) is 0 Å². The molecule has 8 heteroatoms. The van der Waals surface area contributed by atoms with Crippen LogP contribution < -0.4 is 19.5 Å². The van der Waals surface area contributed by atoms with Gasteiger partial charge < -0.3 is 19.5 Å². The normalized spacial score (nSPS) is 10.6. The summed E-state index contributed by atoms with van der Waals surface area (Å²) in [6, 6.07) is 21.6. The van der Waals surface area contributed by atoms with Crippen LogP contribution in [0.2, 0.25) is 0 Å². The molecule has 0 unspecified atom stereocenters. The van der Waals surface area contributed by atoms with Crippen LogP contribution in [-0.2, 0) is 11.4 Å². The Bertz CT molecular complexity index is 1340. The van der Waals surface area contributed by atoms with Crippen molar-refractivity contribution in [3.63, 3.8) is 0 Å². The Morgan fingerprint density at radius 1 is 1.09 bits per heavy atom. The molecule has 0 radical (unpaired) electrons. The fourth-order valence-corrected chi connectivity index (χ4v) is 3.79. The molecule has 3 aromatic carbocycles. The Morgan fingerprint density at radius 2 is 1.89 bits per heavy atom. The lowest BCUT2D eigenvalue weighted by Gasteiger charge is -2.14. The van der Waals surface area contributed by atoms with Crippen LogP contribution in [0.5, 0.6) is 17.2 Å². The van der Waals surface area contributed by atoms with E-state index in [1.807, 2.05) is 25.1 Å².